The molecule has 0 aromatic heterocycles. The molecule has 1 heterocycles. The smallest absolute Gasteiger partial charge is 0.0599 e. The second-order valence-electron chi connectivity index (χ2n) is 5.11. The molecule has 1 saturated heterocycles. The monoisotopic (exact) mass is 360 g/mol. The Hall–Kier alpha value is -0.130. The van der Waals surface area contributed by atoms with Gasteiger partial charge in [-0.2, -0.15) is 0 Å². The predicted molar refractivity (Wildman–Crippen MR) is 87.2 cm³/mol. The van der Waals surface area contributed by atoms with Crippen LogP contribution in [-0.2, 0) is 4.74 Å². The first-order valence-corrected chi connectivity index (χ1v) is 8.33. The molecule has 2 N–H and O–H groups in total. The molecule has 1 aliphatic heterocycles. The summed E-state index contributed by atoms with van der Waals surface area (Å²) in [5.41, 5.74) is 7.11. The summed E-state index contributed by atoms with van der Waals surface area (Å²) in [7, 11) is 0. The molecular weight excluding hydrogens is 340 g/mol. The Morgan fingerprint density at radius 1 is 1.45 bits per heavy atom. The third kappa shape index (κ3) is 3.95. The van der Waals surface area contributed by atoms with Crippen LogP contribution in [0.3, 0.4) is 0 Å². The van der Waals surface area contributed by atoms with Crippen LogP contribution < -0.4 is 5.73 Å². The summed E-state index contributed by atoms with van der Waals surface area (Å²) in [4.78, 5) is 2.42. The molecule has 1 aliphatic rings. The average Bonchev–Trinajstić information content (AvgIpc) is 2.45. The molecular formula is C15H22BrClN2O. The van der Waals surface area contributed by atoms with Gasteiger partial charge in [0.05, 0.1) is 6.10 Å². The van der Waals surface area contributed by atoms with E-state index in [1.807, 2.05) is 12.1 Å². The summed E-state index contributed by atoms with van der Waals surface area (Å²) in [6, 6.07) is 6.15. The third-order valence-electron chi connectivity index (χ3n) is 3.86. The highest BCUT2D eigenvalue weighted by atomic mass is 79.9. The minimum Gasteiger partial charge on any atom is -0.378 e. The molecule has 0 radical (unpaired) electrons. The number of benzene rings is 1. The maximum Gasteiger partial charge on any atom is 0.0599 e. The molecule has 1 atom stereocenters. The number of piperidine rings is 1. The molecule has 0 saturated carbocycles. The van der Waals surface area contributed by atoms with Crippen molar-refractivity contribution in [2.24, 2.45) is 5.73 Å². The van der Waals surface area contributed by atoms with Crippen molar-refractivity contribution in [2.75, 3.05) is 26.2 Å². The average molecular weight is 362 g/mol. The van der Waals surface area contributed by atoms with E-state index in [1.54, 1.807) is 0 Å². The van der Waals surface area contributed by atoms with Gasteiger partial charge in [0.2, 0.25) is 0 Å². The molecule has 1 fully saturated rings. The van der Waals surface area contributed by atoms with Crippen LogP contribution in [0.25, 0.3) is 0 Å². The highest BCUT2D eigenvalue weighted by Gasteiger charge is 2.26. The van der Waals surface area contributed by atoms with Crippen LogP contribution in [0, 0.1) is 0 Å². The molecule has 1 aromatic carbocycles. The largest absolute Gasteiger partial charge is 0.378 e. The number of likely N-dealkylation sites (tertiary alicyclic amines) is 1. The molecule has 112 valence electrons. The van der Waals surface area contributed by atoms with Crippen molar-refractivity contribution < 1.29 is 4.74 Å². The van der Waals surface area contributed by atoms with Gasteiger partial charge in [-0.05, 0) is 43.5 Å². The van der Waals surface area contributed by atoms with Gasteiger partial charge >= 0.3 is 0 Å². The zero-order valence-electron chi connectivity index (χ0n) is 11.8. The van der Waals surface area contributed by atoms with Crippen molar-refractivity contribution in [1.82, 2.24) is 4.90 Å². The first kappa shape index (κ1) is 16.2. The summed E-state index contributed by atoms with van der Waals surface area (Å²) in [6.45, 7) is 5.44. The van der Waals surface area contributed by atoms with Crippen molar-refractivity contribution >= 4 is 27.5 Å². The number of nitrogens with two attached hydrogens (primary N) is 1. The van der Waals surface area contributed by atoms with E-state index in [0.29, 0.717) is 12.6 Å². The summed E-state index contributed by atoms with van der Waals surface area (Å²) in [5.74, 6) is 0. The van der Waals surface area contributed by atoms with Crippen molar-refractivity contribution in [1.29, 1.82) is 0 Å². The quantitative estimate of drug-likeness (QED) is 0.871. The summed E-state index contributed by atoms with van der Waals surface area (Å²) in [6.07, 6.45) is 2.53. The zero-order chi connectivity index (χ0) is 14.5. The fourth-order valence-corrected chi connectivity index (χ4v) is 3.45. The maximum absolute atomic E-state index is 6.34. The van der Waals surface area contributed by atoms with Crippen LogP contribution in [0.1, 0.15) is 31.4 Å². The Morgan fingerprint density at radius 2 is 2.15 bits per heavy atom. The molecule has 1 aromatic rings. The van der Waals surface area contributed by atoms with Gasteiger partial charge in [-0.25, -0.2) is 0 Å². The van der Waals surface area contributed by atoms with Gasteiger partial charge in [0, 0.05) is 41.8 Å². The van der Waals surface area contributed by atoms with Gasteiger partial charge < -0.3 is 10.5 Å². The van der Waals surface area contributed by atoms with Crippen LogP contribution in [0.4, 0.5) is 0 Å². The van der Waals surface area contributed by atoms with Crippen LogP contribution in [-0.4, -0.2) is 37.2 Å². The first-order valence-electron chi connectivity index (χ1n) is 7.16. The topological polar surface area (TPSA) is 38.5 Å². The molecule has 20 heavy (non-hydrogen) atoms. The number of hydrogen-bond acceptors (Lipinski definition) is 3. The van der Waals surface area contributed by atoms with Gasteiger partial charge in [0.15, 0.2) is 0 Å². The van der Waals surface area contributed by atoms with E-state index in [0.717, 1.165) is 47.6 Å². The maximum atomic E-state index is 6.34. The lowest BCUT2D eigenvalue weighted by Crippen LogP contribution is -2.42. The van der Waals surface area contributed by atoms with Crippen molar-refractivity contribution in [3.05, 3.63) is 33.3 Å². The normalized spacial score (nSPS) is 19.2. The molecule has 2 rings (SSSR count). The fourth-order valence-electron chi connectivity index (χ4n) is 2.83. The third-order valence-corrected chi connectivity index (χ3v) is 4.70. The van der Waals surface area contributed by atoms with E-state index < -0.39 is 0 Å². The Kier molecular flexibility index (Phi) is 6.30. The van der Waals surface area contributed by atoms with E-state index in [9.17, 15) is 0 Å². The summed E-state index contributed by atoms with van der Waals surface area (Å²) in [5, 5.41) is 0.788. The van der Waals surface area contributed by atoms with E-state index in [4.69, 9.17) is 22.1 Å². The number of nitrogens with zero attached hydrogens (tertiary/aromatic N) is 1. The van der Waals surface area contributed by atoms with Crippen molar-refractivity contribution in [3.63, 3.8) is 0 Å². The minimum atomic E-state index is 0.183. The van der Waals surface area contributed by atoms with Gasteiger partial charge in [0.1, 0.15) is 0 Å². The van der Waals surface area contributed by atoms with E-state index in [2.05, 4.69) is 33.8 Å². The first-order chi connectivity index (χ1) is 9.65. The van der Waals surface area contributed by atoms with Gasteiger partial charge in [-0.1, -0.05) is 27.5 Å². The number of rotatable bonds is 5. The van der Waals surface area contributed by atoms with Gasteiger partial charge in [-0.3, -0.25) is 4.90 Å². The Bertz CT molecular complexity index is 436. The Morgan fingerprint density at radius 3 is 2.75 bits per heavy atom. The molecule has 0 bridgehead atoms. The zero-order valence-corrected chi connectivity index (χ0v) is 14.2. The summed E-state index contributed by atoms with van der Waals surface area (Å²) < 4.78 is 6.74. The van der Waals surface area contributed by atoms with Crippen LogP contribution in [0.2, 0.25) is 5.02 Å². The lowest BCUT2D eigenvalue weighted by Gasteiger charge is -2.37. The minimum absolute atomic E-state index is 0.183. The molecule has 1 unspecified atom stereocenters. The van der Waals surface area contributed by atoms with Crippen molar-refractivity contribution in [3.8, 4) is 0 Å². The summed E-state index contributed by atoms with van der Waals surface area (Å²) >= 11 is 9.85. The second-order valence-corrected chi connectivity index (χ2v) is 6.43. The van der Waals surface area contributed by atoms with Crippen LogP contribution in [0.5, 0.6) is 0 Å². The van der Waals surface area contributed by atoms with Crippen molar-refractivity contribution in [2.45, 2.75) is 31.9 Å². The van der Waals surface area contributed by atoms with Gasteiger partial charge in [0.25, 0.3) is 0 Å². The lowest BCUT2D eigenvalue weighted by atomic mass is 10.0. The van der Waals surface area contributed by atoms with E-state index in [1.165, 1.54) is 0 Å². The number of ether oxygens (including phenoxy) is 1. The second kappa shape index (κ2) is 7.76. The Balaban J connectivity index is 2.07. The highest BCUT2D eigenvalue weighted by molar-refractivity contribution is 9.10. The molecule has 5 heteroatoms. The van der Waals surface area contributed by atoms with E-state index in [-0.39, 0.29) is 6.04 Å². The molecule has 0 spiro atoms. The Labute approximate surface area is 134 Å². The highest BCUT2D eigenvalue weighted by Crippen LogP contribution is 2.31. The number of hydrogen-bond donors (Lipinski definition) is 1. The fraction of sp³-hybridized carbons (Fsp3) is 0.600. The van der Waals surface area contributed by atoms with Crippen LogP contribution >= 0.6 is 27.5 Å². The van der Waals surface area contributed by atoms with Crippen LogP contribution in [0.15, 0.2) is 22.7 Å². The standard InChI is InChI=1S/C15H22BrClN2O/c1-2-20-12-5-7-19(8-6-12)15(10-18)13-9-11(16)3-4-14(13)17/h3-4,9,12,15H,2,5-8,10,18H2,1H3. The SMILES string of the molecule is CCOC1CCN(C(CN)c2cc(Br)ccc2Cl)CC1. The van der Waals surface area contributed by atoms with Gasteiger partial charge in [-0.15, -0.1) is 0 Å². The van der Waals surface area contributed by atoms with E-state index >= 15 is 0 Å². The molecule has 0 aliphatic carbocycles. The number of halogens is 2. The molecule has 0 amide bonds. The predicted octanol–water partition coefficient (Wildman–Crippen LogP) is 3.60. The molecule has 3 nitrogen and oxygen atoms in total. The lowest BCUT2D eigenvalue weighted by molar-refractivity contribution is 0.00453.